The Kier molecular flexibility index (Phi) is 3.42. The fourth-order valence-corrected chi connectivity index (χ4v) is 2.42. The van der Waals surface area contributed by atoms with E-state index in [1.165, 1.54) is 24.3 Å². The number of rotatable bonds is 3. The van der Waals surface area contributed by atoms with E-state index in [1.807, 2.05) is 0 Å². The predicted octanol–water partition coefficient (Wildman–Crippen LogP) is 2.67. The van der Waals surface area contributed by atoms with E-state index in [2.05, 4.69) is 4.99 Å². The van der Waals surface area contributed by atoms with E-state index in [0.29, 0.717) is 22.6 Å². The summed E-state index contributed by atoms with van der Waals surface area (Å²) in [5, 5.41) is 10.7. The Labute approximate surface area is 141 Å². The van der Waals surface area contributed by atoms with Crippen LogP contribution in [0.4, 0.5) is 5.69 Å². The van der Waals surface area contributed by atoms with Gasteiger partial charge in [0.2, 0.25) is 12.7 Å². The highest BCUT2D eigenvalue weighted by Gasteiger charge is 2.25. The maximum Gasteiger partial charge on any atom is 0.363 e. The number of carbonyl (C=O) groups is 1. The number of non-ortho nitro benzene ring substituents is 1. The summed E-state index contributed by atoms with van der Waals surface area (Å²) >= 11 is 0. The quantitative estimate of drug-likeness (QED) is 0.369. The van der Waals surface area contributed by atoms with Crippen molar-refractivity contribution in [3.63, 3.8) is 0 Å². The Morgan fingerprint density at radius 1 is 1.08 bits per heavy atom. The SMILES string of the molecule is O=C1OC(c2ccc([N+](=O)[O-])cc2)=N/C1=C/c1ccc2c(c1)OCO2. The molecule has 2 aliphatic heterocycles. The number of nitro benzene ring substituents is 1. The Bertz CT molecular complexity index is 946. The summed E-state index contributed by atoms with van der Waals surface area (Å²) in [6, 6.07) is 10.9. The van der Waals surface area contributed by atoms with Crippen molar-refractivity contribution in [3.8, 4) is 11.5 Å². The maximum atomic E-state index is 12.0. The number of cyclic esters (lactones) is 1. The molecule has 0 N–H and O–H groups in total. The van der Waals surface area contributed by atoms with E-state index >= 15 is 0 Å². The zero-order valence-electron chi connectivity index (χ0n) is 12.7. The molecular formula is C17H10N2O6. The molecule has 0 saturated heterocycles. The first-order chi connectivity index (χ1) is 12.1. The number of ether oxygens (including phenoxy) is 3. The molecule has 8 heteroatoms. The van der Waals surface area contributed by atoms with Crippen molar-refractivity contribution < 1.29 is 23.9 Å². The molecule has 4 rings (SSSR count). The van der Waals surface area contributed by atoms with Gasteiger partial charge in [0.25, 0.3) is 5.69 Å². The largest absolute Gasteiger partial charge is 0.454 e. The van der Waals surface area contributed by atoms with Gasteiger partial charge in [-0.15, -0.1) is 0 Å². The summed E-state index contributed by atoms with van der Waals surface area (Å²) in [6.07, 6.45) is 1.57. The summed E-state index contributed by atoms with van der Waals surface area (Å²) in [4.78, 5) is 26.3. The van der Waals surface area contributed by atoms with Crippen LogP contribution in [-0.2, 0) is 9.53 Å². The lowest BCUT2D eigenvalue weighted by Crippen LogP contribution is -2.05. The van der Waals surface area contributed by atoms with Gasteiger partial charge in [-0.05, 0) is 35.9 Å². The van der Waals surface area contributed by atoms with Crippen molar-refractivity contribution in [1.82, 2.24) is 0 Å². The first kappa shape index (κ1) is 14.9. The molecule has 0 radical (unpaired) electrons. The first-order valence-corrected chi connectivity index (χ1v) is 7.27. The number of hydrogen-bond donors (Lipinski definition) is 0. The number of nitrogens with zero attached hydrogens (tertiary/aromatic N) is 2. The summed E-state index contributed by atoms with van der Waals surface area (Å²) < 4.78 is 15.7. The van der Waals surface area contributed by atoms with Crippen molar-refractivity contribution in [3.05, 3.63) is 69.4 Å². The van der Waals surface area contributed by atoms with Crippen LogP contribution in [0.3, 0.4) is 0 Å². The van der Waals surface area contributed by atoms with Gasteiger partial charge >= 0.3 is 5.97 Å². The Morgan fingerprint density at radius 3 is 2.60 bits per heavy atom. The first-order valence-electron chi connectivity index (χ1n) is 7.27. The van der Waals surface area contributed by atoms with Crippen LogP contribution in [0.15, 0.2) is 53.2 Å². The summed E-state index contributed by atoms with van der Waals surface area (Å²) in [5.41, 5.74) is 1.27. The summed E-state index contributed by atoms with van der Waals surface area (Å²) in [5.74, 6) is 0.754. The zero-order valence-corrected chi connectivity index (χ0v) is 12.7. The second kappa shape index (κ2) is 5.75. The van der Waals surface area contributed by atoms with Crippen molar-refractivity contribution >= 4 is 23.6 Å². The Balaban J connectivity index is 1.62. The van der Waals surface area contributed by atoms with Crippen LogP contribution in [0.2, 0.25) is 0 Å². The predicted molar refractivity (Wildman–Crippen MR) is 86.3 cm³/mol. The van der Waals surface area contributed by atoms with E-state index in [1.54, 1.807) is 24.3 Å². The molecule has 0 fully saturated rings. The minimum atomic E-state index is -0.592. The molecule has 0 aliphatic carbocycles. The molecule has 0 bridgehead atoms. The van der Waals surface area contributed by atoms with Gasteiger partial charge in [-0.1, -0.05) is 6.07 Å². The molecule has 2 heterocycles. The van der Waals surface area contributed by atoms with Gasteiger partial charge in [-0.2, -0.15) is 0 Å². The Hall–Kier alpha value is -3.68. The number of carbonyl (C=O) groups excluding carboxylic acids is 1. The smallest absolute Gasteiger partial charge is 0.363 e. The molecule has 0 amide bonds. The van der Waals surface area contributed by atoms with Crippen LogP contribution >= 0.6 is 0 Å². The fraction of sp³-hybridized carbons (Fsp3) is 0.0588. The third-order valence-electron chi connectivity index (χ3n) is 3.65. The van der Waals surface area contributed by atoms with E-state index in [4.69, 9.17) is 14.2 Å². The second-order valence-electron chi connectivity index (χ2n) is 5.25. The third kappa shape index (κ3) is 2.80. The van der Waals surface area contributed by atoms with Crippen LogP contribution in [0.25, 0.3) is 6.08 Å². The minimum absolute atomic E-state index is 0.0511. The monoisotopic (exact) mass is 338 g/mol. The van der Waals surface area contributed by atoms with E-state index in [9.17, 15) is 14.9 Å². The van der Waals surface area contributed by atoms with Gasteiger partial charge < -0.3 is 14.2 Å². The van der Waals surface area contributed by atoms with Gasteiger partial charge in [0.15, 0.2) is 17.2 Å². The molecule has 0 unspecified atom stereocenters. The van der Waals surface area contributed by atoms with Crippen LogP contribution < -0.4 is 9.47 Å². The van der Waals surface area contributed by atoms with Crippen molar-refractivity contribution in [2.75, 3.05) is 6.79 Å². The van der Waals surface area contributed by atoms with Gasteiger partial charge in [0, 0.05) is 17.7 Å². The molecule has 8 nitrogen and oxygen atoms in total. The van der Waals surface area contributed by atoms with Gasteiger partial charge in [0.05, 0.1) is 4.92 Å². The number of fused-ring (bicyclic) bond motifs is 1. The number of benzene rings is 2. The molecule has 0 atom stereocenters. The molecule has 124 valence electrons. The molecule has 2 aromatic carbocycles. The number of nitro groups is 1. The normalized spacial score (nSPS) is 16.7. The topological polar surface area (TPSA) is 100 Å². The summed E-state index contributed by atoms with van der Waals surface area (Å²) in [6.45, 7) is 0.167. The van der Waals surface area contributed by atoms with Crippen molar-refractivity contribution in [1.29, 1.82) is 0 Å². The van der Waals surface area contributed by atoms with Gasteiger partial charge in [0.1, 0.15) is 0 Å². The molecule has 0 spiro atoms. The highest BCUT2D eigenvalue weighted by atomic mass is 16.7. The third-order valence-corrected chi connectivity index (χ3v) is 3.65. The molecule has 0 saturated carbocycles. The lowest BCUT2D eigenvalue weighted by molar-refractivity contribution is -0.384. The molecule has 25 heavy (non-hydrogen) atoms. The standard InChI is InChI=1S/C17H10N2O6/c20-17-13(7-10-1-6-14-15(8-10)24-9-23-14)18-16(25-17)11-2-4-12(5-3-11)19(21)22/h1-8H,9H2/b13-7+. The van der Waals surface area contributed by atoms with Crippen LogP contribution in [0, 0.1) is 10.1 Å². The average molecular weight is 338 g/mol. The zero-order chi connectivity index (χ0) is 17.4. The summed E-state index contributed by atoms with van der Waals surface area (Å²) in [7, 11) is 0. The average Bonchev–Trinajstić information content (AvgIpc) is 3.21. The van der Waals surface area contributed by atoms with E-state index < -0.39 is 10.9 Å². The van der Waals surface area contributed by atoms with E-state index in [0.717, 1.165) is 0 Å². The van der Waals surface area contributed by atoms with Gasteiger partial charge in [-0.3, -0.25) is 10.1 Å². The highest BCUT2D eigenvalue weighted by molar-refractivity contribution is 6.12. The molecule has 0 aromatic heterocycles. The van der Waals surface area contributed by atoms with Crippen molar-refractivity contribution in [2.24, 2.45) is 4.99 Å². The molecule has 2 aromatic rings. The van der Waals surface area contributed by atoms with Crippen molar-refractivity contribution in [2.45, 2.75) is 0 Å². The number of esters is 1. The number of aliphatic imine (C=N–C) groups is 1. The lowest BCUT2D eigenvalue weighted by Gasteiger charge is -1.98. The van der Waals surface area contributed by atoms with Crippen LogP contribution in [0.1, 0.15) is 11.1 Å². The van der Waals surface area contributed by atoms with Gasteiger partial charge in [-0.25, -0.2) is 9.79 Å². The second-order valence-corrected chi connectivity index (χ2v) is 5.25. The molecular weight excluding hydrogens is 328 g/mol. The van der Waals surface area contributed by atoms with E-state index in [-0.39, 0.29) is 24.1 Å². The van der Waals surface area contributed by atoms with Crippen LogP contribution in [-0.4, -0.2) is 23.6 Å². The fourth-order valence-electron chi connectivity index (χ4n) is 2.42. The lowest BCUT2D eigenvalue weighted by atomic mass is 10.1. The Morgan fingerprint density at radius 2 is 1.84 bits per heavy atom. The maximum absolute atomic E-state index is 12.0. The minimum Gasteiger partial charge on any atom is -0.454 e. The van der Waals surface area contributed by atoms with Crippen LogP contribution in [0.5, 0.6) is 11.5 Å². The number of hydrogen-bond acceptors (Lipinski definition) is 7. The highest BCUT2D eigenvalue weighted by Crippen LogP contribution is 2.33. The molecule has 2 aliphatic rings.